The summed E-state index contributed by atoms with van der Waals surface area (Å²) in [5, 5.41) is 8.90. The number of nitrogens with zero attached hydrogens (tertiary/aromatic N) is 1. The second-order valence-corrected chi connectivity index (χ2v) is 6.21. The van der Waals surface area contributed by atoms with Crippen LogP contribution in [0.2, 0.25) is 0 Å². The molecular weight excluding hydrogens is 288 g/mol. The normalized spacial score (nSPS) is 13.7. The number of pyridine rings is 1. The van der Waals surface area contributed by atoms with Crippen LogP contribution in [0.25, 0.3) is 0 Å². The van der Waals surface area contributed by atoms with E-state index < -0.39 is 0 Å². The monoisotopic (exact) mass is 310 g/mol. The highest BCUT2D eigenvalue weighted by atomic mass is 16.2. The van der Waals surface area contributed by atoms with E-state index in [-0.39, 0.29) is 6.03 Å². The summed E-state index contributed by atoms with van der Waals surface area (Å²) in [6.07, 6.45) is 3.85. The van der Waals surface area contributed by atoms with Gasteiger partial charge in [-0.25, -0.2) is 9.78 Å². The molecule has 5 heteroatoms. The van der Waals surface area contributed by atoms with Crippen LogP contribution in [0.1, 0.15) is 38.2 Å². The van der Waals surface area contributed by atoms with Gasteiger partial charge in [0.2, 0.25) is 0 Å². The zero-order chi connectivity index (χ0) is 16.2. The highest BCUT2D eigenvalue weighted by Gasteiger charge is 2.23. The van der Waals surface area contributed by atoms with E-state index >= 15 is 0 Å². The molecule has 3 N–H and O–H groups in total. The maximum atomic E-state index is 11.6. The van der Waals surface area contributed by atoms with Gasteiger partial charge in [0.1, 0.15) is 5.82 Å². The number of hydrogen-bond donors (Lipinski definition) is 3. The molecule has 120 valence electrons. The van der Waals surface area contributed by atoms with Gasteiger partial charge in [-0.3, -0.25) is 5.32 Å². The van der Waals surface area contributed by atoms with Crippen LogP contribution in [-0.2, 0) is 0 Å². The molecule has 0 atom stereocenters. The largest absolute Gasteiger partial charge is 0.354 e. The van der Waals surface area contributed by atoms with E-state index in [1.54, 1.807) is 12.3 Å². The fraction of sp³-hybridized carbons (Fsp3) is 0.333. The third kappa shape index (κ3) is 4.45. The minimum Gasteiger partial charge on any atom is -0.354 e. The summed E-state index contributed by atoms with van der Waals surface area (Å²) in [6, 6.07) is 12.2. The van der Waals surface area contributed by atoms with Gasteiger partial charge in [0.25, 0.3) is 0 Å². The van der Waals surface area contributed by atoms with Crippen molar-refractivity contribution in [1.82, 2.24) is 10.3 Å². The third-order valence-electron chi connectivity index (χ3n) is 3.78. The molecule has 0 radical (unpaired) electrons. The zero-order valence-electron chi connectivity index (χ0n) is 13.5. The van der Waals surface area contributed by atoms with Crippen LogP contribution in [0.3, 0.4) is 0 Å². The number of urea groups is 1. The molecule has 23 heavy (non-hydrogen) atoms. The zero-order valence-corrected chi connectivity index (χ0v) is 13.5. The van der Waals surface area contributed by atoms with Crippen LogP contribution in [0, 0.1) is 0 Å². The van der Waals surface area contributed by atoms with Crippen molar-refractivity contribution in [2.45, 2.75) is 38.6 Å². The quantitative estimate of drug-likeness (QED) is 0.774. The Hall–Kier alpha value is -2.56. The molecule has 1 aromatic heterocycles. The smallest absolute Gasteiger partial charge is 0.320 e. The summed E-state index contributed by atoms with van der Waals surface area (Å²) in [6.45, 7) is 4.36. The van der Waals surface area contributed by atoms with Crippen molar-refractivity contribution in [3.8, 4) is 0 Å². The van der Waals surface area contributed by atoms with E-state index in [4.69, 9.17) is 0 Å². The molecule has 1 heterocycles. The summed E-state index contributed by atoms with van der Waals surface area (Å²) in [5.74, 6) is 1.07. The maximum Gasteiger partial charge on any atom is 0.320 e. The van der Waals surface area contributed by atoms with Gasteiger partial charge in [0.05, 0.1) is 11.9 Å². The lowest BCUT2D eigenvalue weighted by atomic mass is 10.0. The van der Waals surface area contributed by atoms with Gasteiger partial charge >= 0.3 is 6.03 Å². The molecule has 0 bridgehead atoms. The number of carbonyl (C=O) groups is 1. The summed E-state index contributed by atoms with van der Waals surface area (Å²) in [5.41, 5.74) is 3.22. The van der Waals surface area contributed by atoms with Crippen molar-refractivity contribution in [1.29, 1.82) is 0 Å². The average Bonchev–Trinajstić information content (AvgIpc) is 3.33. The second kappa shape index (κ2) is 6.69. The Morgan fingerprint density at radius 3 is 2.35 bits per heavy atom. The number of benzene rings is 1. The van der Waals surface area contributed by atoms with Gasteiger partial charge in [-0.2, -0.15) is 0 Å². The van der Waals surface area contributed by atoms with Crippen LogP contribution >= 0.6 is 0 Å². The third-order valence-corrected chi connectivity index (χ3v) is 3.78. The lowest BCUT2D eigenvalue weighted by molar-refractivity contribution is 0.251. The van der Waals surface area contributed by atoms with E-state index in [2.05, 4.69) is 59.0 Å². The molecule has 1 saturated carbocycles. The van der Waals surface area contributed by atoms with E-state index in [1.807, 2.05) is 6.07 Å². The molecule has 0 saturated heterocycles. The fourth-order valence-corrected chi connectivity index (χ4v) is 2.23. The lowest BCUT2D eigenvalue weighted by Gasteiger charge is -2.10. The first-order valence-corrected chi connectivity index (χ1v) is 8.01. The Bertz CT molecular complexity index is 660. The Balaban J connectivity index is 1.57. The number of hydrogen-bond acceptors (Lipinski definition) is 3. The predicted octanol–water partition coefficient (Wildman–Crippen LogP) is 4.23. The molecule has 0 unspecified atom stereocenters. The first-order chi connectivity index (χ1) is 11.1. The molecular formula is C18H22N4O. The van der Waals surface area contributed by atoms with Crippen LogP contribution in [-0.4, -0.2) is 17.1 Å². The molecule has 1 fully saturated rings. The molecule has 0 aliphatic heterocycles. The Labute approximate surface area is 136 Å². The summed E-state index contributed by atoms with van der Waals surface area (Å²) in [7, 11) is 0. The van der Waals surface area contributed by atoms with E-state index in [0.717, 1.165) is 24.2 Å². The van der Waals surface area contributed by atoms with Crippen LogP contribution in [0.15, 0.2) is 42.6 Å². The van der Waals surface area contributed by atoms with Gasteiger partial charge < -0.3 is 10.6 Å². The van der Waals surface area contributed by atoms with E-state index in [9.17, 15) is 4.79 Å². The molecule has 3 rings (SSSR count). The van der Waals surface area contributed by atoms with Crippen LogP contribution in [0.4, 0.5) is 22.0 Å². The van der Waals surface area contributed by atoms with Crippen molar-refractivity contribution in [2.75, 3.05) is 10.6 Å². The first kappa shape index (κ1) is 15.3. The molecule has 2 aromatic rings. The van der Waals surface area contributed by atoms with Gasteiger partial charge in [0.15, 0.2) is 0 Å². The topological polar surface area (TPSA) is 66.0 Å². The summed E-state index contributed by atoms with van der Waals surface area (Å²) < 4.78 is 0. The van der Waals surface area contributed by atoms with Gasteiger partial charge in [-0.15, -0.1) is 0 Å². The van der Waals surface area contributed by atoms with Crippen molar-refractivity contribution >= 4 is 23.2 Å². The second-order valence-electron chi connectivity index (χ2n) is 6.21. The van der Waals surface area contributed by atoms with Crippen molar-refractivity contribution in [2.24, 2.45) is 0 Å². The van der Waals surface area contributed by atoms with Gasteiger partial charge in [0, 0.05) is 11.7 Å². The maximum absolute atomic E-state index is 11.6. The molecule has 2 amide bonds. The SMILES string of the molecule is CC(C)c1ccc(Nc2ccc(NC(=O)NC3CC3)nc2)cc1. The van der Waals surface area contributed by atoms with E-state index in [1.165, 1.54) is 5.56 Å². The Kier molecular flexibility index (Phi) is 4.46. The summed E-state index contributed by atoms with van der Waals surface area (Å²) >= 11 is 0. The van der Waals surface area contributed by atoms with Crippen molar-refractivity contribution in [3.63, 3.8) is 0 Å². The van der Waals surface area contributed by atoms with Gasteiger partial charge in [-0.05, 0) is 48.6 Å². The average molecular weight is 310 g/mol. The number of nitrogens with one attached hydrogen (secondary N) is 3. The molecule has 1 aliphatic rings. The first-order valence-electron chi connectivity index (χ1n) is 8.01. The lowest BCUT2D eigenvalue weighted by Crippen LogP contribution is -2.30. The number of aromatic nitrogens is 1. The van der Waals surface area contributed by atoms with E-state index in [0.29, 0.717) is 17.8 Å². The fourth-order valence-electron chi connectivity index (χ4n) is 2.23. The van der Waals surface area contributed by atoms with Crippen LogP contribution in [0.5, 0.6) is 0 Å². The minimum atomic E-state index is -0.190. The number of rotatable bonds is 5. The number of anilines is 3. The molecule has 1 aliphatic carbocycles. The number of amides is 2. The van der Waals surface area contributed by atoms with Crippen molar-refractivity contribution in [3.05, 3.63) is 48.2 Å². The molecule has 1 aromatic carbocycles. The summed E-state index contributed by atoms with van der Waals surface area (Å²) in [4.78, 5) is 15.9. The van der Waals surface area contributed by atoms with Crippen molar-refractivity contribution < 1.29 is 4.79 Å². The van der Waals surface area contributed by atoms with Gasteiger partial charge in [-0.1, -0.05) is 26.0 Å². The minimum absolute atomic E-state index is 0.190. The highest BCUT2D eigenvalue weighted by Crippen LogP contribution is 2.21. The highest BCUT2D eigenvalue weighted by molar-refractivity contribution is 5.88. The molecule has 0 spiro atoms. The predicted molar refractivity (Wildman–Crippen MR) is 93.2 cm³/mol. The Morgan fingerprint density at radius 1 is 1.09 bits per heavy atom. The Morgan fingerprint density at radius 2 is 1.78 bits per heavy atom. The standard InChI is InChI=1S/C18H22N4O/c1-12(2)13-3-5-14(6-4-13)20-16-9-10-17(19-11-16)22-18(23)21-15-7-8-15/h3-6,9-12,15,20H,7-8H2,1-2H3,(H2,19,21,22,23). The number of carbonyl (C=O) groups excluding carboxylic acids is 1. The molecule has 5 nitrogen and oxygen atoms in total. The van der Waals surface area contributed by atoms with Crippen LogP contribution < -0.4 is 16.0 Å².